The number of halogens is 1. The van der Waals surface area contributed by atoms with Crippen molar-refractivity contribution in [2.75, 3.05) is 26.2 Å². The van der Waals surface area contributed by atoms with Gasteiger partial charge in [-0.05, 0) is 48.2 Å². The molecule has 5 rings (SSSR count). The number of rotatable bonds is 2. The fourth-order valence-corrected chi connectivity index (χ4v) is 4.83. The molecule has 0 spiro atoms. The minimum atomic E-state index is -0.270. The van der Waals surface area contributed by atoms with Gasteiger partial charge in [0.1, 0.15) is 11.9 Å². The van der Waals surface area contributed by atoms with Crippen molar-refractivity contribution < 1.29 is 13.9 Å². The van der Waals surface area contributed by atoms with Gasteiger partial charge in [0.2, 0.25) is 0 Å². The number of piperidine rings is 1. The maximum absolute atomic E-state index is 13.5. The van der Waals surface area contributed by atoms with E-state index in [1.807, 2.05) is 17.0 Å². The highest BCUT2D eigenvalue weighted by Crippen LogP contribution is 2.37. The van der Waals surface area contributed by atoms with Gasteiger partial charge in [-0.1, -0.05) is 36.4 Å². The van der Waals surface area contributed by atoms with Crippen LogP contribution in [0.25, 0.3) is 0 Å². The summed E-state index contributed by atoms with van der Waals surface area (Å²) in [6.07, 6.45) is 1.67. The Hall–Kier alpha value is -2.40. The summed E-state index contributed by atoms with van der Waals surface area (Å²) in [5.41, 5.74) is 3.25. The third-order valence-electron chi connectivity index (χ3n) is 6.23. The van der Waals surface area contributed by atoms with E-state index in [1.165, 1.54) is 17.7 Å². The number of carbonyl (C=O) groups is 1. The van der Waals surface area contributed by atoms with E-state index in [4.69, 9.17) is 4.74 Å². The van der Waals surface area contributed by atoms with Gasteiger partial charge in [0.25, 0.3) is 0 Å². The van der Waals surface area contributed by atoms with E-state index in [1.54, 1.807) is 12.1 Å². The molecular formula is C22H23FN2O2. The molecule has 3 aliphatic heterocycles. The summed E-state index contributed by atoms with van der Waals surface area (Å²) < 4.78 is 19.4. The summed E-state index contributed by atoms with van der Waals surface area (Å²) in [5, 5.41) is 0. The van der Waals surface area contributed by atoms with Gasteiger partial charge in [0, 0.05) is 25.6 Å². The first-order valence-electron chi connectivity index (χ1n) is 9.72. The summed E-state index contributed by atoms with van der Waals surface area (Å²) in [4.78, 5) is 17.3. The highest BCUT2D eigenvalue weighted by Gasteiger charge is 2.42. The molecule has 0 aliphatic carbocycles. The van der Waals surface area contributed by atoms with Crippen LogP contribution in [0.2, 0.25) is 0 Å². The SMILES string of the molecule is O=C(O[C@@H]1CN2CC[C@H]1C2)N1CCc2ccccc2[C@@H]1c1ccc(F)cc1. The van der Waals surface area contributed by atoms with Crippen LogP contribution < -0.4 is 0 Å². The molecule has 3 aliphatic rings. The number of benzene rings is 2. The second-order valence-corrected chi connectivity index (χ2v) is 7.83. The van der Waals surface area contributed by atoms with Crippen molar-refractivity contribution in [3.05, 3.63) is 71.0 Å². The molecule has 2 aromatic rings. The van der Waals surface area contributed by atoms with E-state index in [0.29, 0.717) is 12.5 Å². The fourth-order valence-electron chi connectivity index (χ4n) is 4.83. The van der Waals surface area contributed by atoms with Crippen LogP contribution in [0.5, 0.6) is 0 Å². The third-order valence-corrected chi connectivity index (χ3v) is 6.23. The van der Waals surface area contributed by atoms with Crippen LogP contribution in [0, 0.1) is 11.7 Å². The van der Waals surface area contributed by atoms with Crippen molar-refractivity contribution >= 4 is 6.09 Å². The molecule has 140 valence electrons. The number of amides is 1. The highest BCUT2D eigenvalue weighted by atomic mass is 19.1. The summed E-state index contributed by atoms with van der Waals surface area (Å²) >= 11 is 0. The fraction of sp³-hybridized carbons (Fsp3) is 0.409. The topological polar surface area (TPSA) is 32.8 Å². The van der Waals surface area contributed by atoms with Crippen molar-refractivity contribution in [3.63, 3.8) is 0 Å². The smallest absolute Gasteiger partial charge is 0.410 e. The Balaban J connectivity index is 1.45. The van der Waals surface area contributed by atoms with Gasteiger partial charge in [-0.3, -0.25) is 9.80 Å². The number of nitrogens with zero attached hydrogens (tertiary/aromatic N) is 2. The lowest BCUT2D eigenvalue weighted by Crippen LogP contribution is -2.44. The Morgan fingerprint density at radius 2 is 1.85 bits per heavy atom. The zero-order valence-electron chi connectivity index (χ0n) is 15.2. The Morgan fingerprint density at radius 3 is 2.59 bits per heavy atom. The molecule has 2 aromatic carbocycles. The van der Waals surface area contributed by atoms with Gasteiger partial charge >= 0.3 is 6.09 Å². The molecule has 27 heavy (non-hydrogen) atoms. The van der Waals surface area contributed by atoms with Crippen LogP contribution in [-0.4, -0.2) is 48.2 Å². The predicted molar refractivity (Wildman–Crippen MR) is 99.9 cm³/mol. The average Bonchev–Trinajstić information content (AvgIpc) is 3.31. The zero-order valence-corrected chi connectivity index (χ0v) is 15.2. The molecule has 5 heteroatoms. The lowest BCUT2D eigenvalue weighted by molar-refractivity contribution is 0.0332. The molecule has 1 unspecified atom stereocenters. The first-order chi connectivity index (χ1) is 13.2. The maximum atomic E-state index is 13.5. The van der Waals surface area contributed by atoms with E-state index in [9.17, 15) is 9.18 Å². The summed E-state index contributed by atoms with van der Waals surface area (Å²) in [7, 11) is 0. The first kappa shape index (κ1) is 16.8. The monoisotopic (exact) mass is 366 g/mol. The molecule has 2 bridgehead atoms. The van der Waals surface area contributed by atoms with Crippen LogP contribution in [-0.2, 0) is 11.2 Å². The Labute approximate surface area is 158 Å². The highest BCUT2D eigenvalue weighted by molar-refractivity contribution is 5.70. The number of hydrogen-bond donors (Lipinski definition) is 0. The largest absolute Gasteiger partial charge is 0.444 e. The van der Waals surface area contributed by atoms with Crippen LogP contribution in [0.4, 0.5) is 9.18 Å². The summed E-state index contributed by atoms with van der Waals surface area (Å²) in [6, 6.07) is 14.4. The van der Waals surface area contributed by atoms with Gasteiger partial charge in [0.05, 0.1) is 6.04 Å². The summed E-state index contributed by atoms with van der Waals surface area (Å²) in [5.74, 6) is 0.197. The zero-order chi connectivity index (χ0) is 18.4. The molecule has 3 heterocycles. The Morgan fingerprint density at radius 1 is 1.04 bits per heavy atom. The van der Waals surface area contributed by atoms with Crippen molar-refractivity contribution in [2.24, 2.45) is 5.92 Å². The normalized spacial score (nSPS) is 28.9. The second kappa shape index (κ2) is 6.64. The number of ether oxygens (including phenoxy) is 1. The molecule has 2 fully saturated rings. The molecule has 2 saturated heterocycles. The lowest BCUT2D eigenvalue weighted by Gasteiger charge is -2.38. The molecule has 0 radical (unpaired) electrons. The van der Waals surface area contributed by atoms with Crippen LogP contribution >= 0.6 is 0 Å². The molecule has 1 amide bonds. The van der Waals surface area contributed by atoms with Gasteiger partial charge in [-0.25, -0.2) is 9.18 Å². The van der Waals surface area contributed by atoms with Crippen molar-refractivity contribution in [1.82, 2.24) is 9.80 Å². The van der Waals surface area contributed by atoms with Crippen molar-refractivity contribution in [1.29, 1.82) is 0 Å². The minimum absolute atomic E-state index is 0.00251. The van der Waals surface area contributed by atoms with Crippen LogP contribution in [0.15, 0.2) is 48.5 Å². The standard InChI is InChI=1S/C22H23FN2O2/c23-18-7-5-16(6-8-18)21-19-4-2-1-3-15(19)10-12-25(21)22(26)27-20-14-24-11-9-17(20)13-24/h1-8,17,20-21H,9-14H2/t17-,20+,21-/m0/s1. The third kappa shape index (κ3) is 3.00. The van der Waals surface area contributed by atoms with Gasteiger partial charge < -0.3 is 4.74 Å². The quantitative estimate of drug-likeness (QED) is 0.814. The van der Waals surface area contributed by atoms with E-state index in [2.05, 4.69) is 17.0 Å². The lowest BCUT2D eigenvalue weighted by atomic mass is 9.88. The molecule has 0 saturated carbocycles. The van der Waals surface area contributed by atoms with Gasteiger partial charge in [-0.2, -0.15) is 0 Å². The van der Waals surface area contributed by atoms with Gasteiger partial charge in [0.15, 0.2) is 0 Å². The first-order valence-corrected chi connectivity index (χ1v) is 9.72. The summed E-state index contributed by atoms with van der Waals surface area (Å²) in [6.45, 7) is 3.62. The van der Waals surface area contributed by atoms with Crippen LogP contribution in [0.3, 0.4) is 0 Å². The Bertz CT molecular complexity index is 854. The number of hydrogen-bond acceptors (Lipinski definition) is 3. The minimum Gasteiger partial charge on any atom is -0.444 e. The van der Waals surface area contributed by atoms with Crippen molar-refractivity contribution in [2.45, 2.75) is 25.0 Å². The van der Waals surface area contributed by atoms with E-state index < -0.39 is 0 Å². The molecule has 4 nitrogen and oxygen atoms in total. The molecule has 4 atom stereocenters. The van der Waals surface area contributed by atoms with Crippen molar-refractivity contribution in [3.8, 4) is 0 Å². The molecule has 0 N–H and O–H groups in total. The molecular weight excluding hydrogens is 343 g/mol. The van der Waals surface area contributed by atoms with E-state index in [0.717, 1.165) is 43.6 Å². The van der Waals surface area contributed by atoms with Gasteiger partial charge in [-0.15, -0.1) is 0 Å². The Kier molecular flexibility index (Phi) is 4.12. The van der Waals surface area contributed by atoms with E-state index >= 15 is 0 Å². The van der Waals surface area contributed by atoms with E-state index in [-0.39, 0.29) is 24.1 Å². The average molecular weight is 366 g/mol. The van der Waals surface area contributed by atoms with Crippen LogP contribution in [0.1, 0.15) is 29.2 Å². The molecule has 0 aromatic heterocycles. The maximum Gasteiger partial charge on any atom is 0.410 e. The number of fused-ring (bicyclic) bond motifs is 3. The second-order valence-electron chi connectivity index (χ2n) is 7.83. The predicted octanol–water partition coefficient (Wildman–Crippen LogP) is 3.61. The number of carbonyl (C=O) groups excluding carboxylic acids is 1.